The zero-order chi connectivity index (χ0) is 28.7. The van der Waals surface area contributed by atoms with Gasteiger partial charge in [0, 0.05) is 19.4 Å². The predicted molar refractivity (Wildman–Crippen MR) is 145 cm³/mol. The summed E-state index contributed by atoms with van der Waals surface area (Å²) >= 11 is 1.54. The summed E-state index contributed by atoms with van der Waals surface area (Å²) in [5, 5.41) is 15.7. The smallest absolute Gasteiger partial charge is 0.309 e. The number of β-amino-alcohol motifs (C(OH)–C–C–N with tert-alkyl or cyclic N) is 1. The van der Waals surface area contributed by atoms with Gasteiger partial charge >= 0.3 is 11.4 Å². The van der Waals surface area contributed by atoms with Crippen LogP contribution in [0.2, 0.25) is 0 Å². The summed E-state index contributed by atoms with van der Waals surface area (Å²) in [5.74, 6) is -1.94. The van der Waals surface area contributed by atoms with Crippen LogP contribution in [0.15, 0.2) is 23.7 Å². The third-order valence-electron chi connectivity index (χ3n) is 7.49. The summed E-state index contributed by atoms with van der Waals surface area (Å²) < 4.78 is 15.1. The van der Waals surface area contributed by atoms with Crippen molar-refractivity contribution in [1.82, 2.24) is 20.5 Å². The number of alkyl halides is 1. The fourth-order valence-electron chi connectivity index (χ4n) is 4.80. The molecule has 2 aromatic rings. The SMILES string of the molecule is [C-]#[N+]C1(C(=O)N[C@H](C(=O)N2C[C@H](O)[C@H](F)C2C(=O)NCc2ccc(-c3scnc3C)cc2C)C(C)(C)C)CC1. The molecule has 2 aliphatic rings. The maximum Gasteiger partial charge on any atom is 0.309 e. The number of hydrogen-bond donors (Lipinski definition) is 3. The number of hydrogen-bond acceptors (Lipinski definition) is 6. The first-order chi connectivity index (χ1) is 18.3. The average molecular weight is 556 g/mol. The third-order valence-corrected chi connectivity index (χ3v) is 8.47. The molecule has 208 valence electrons. The van der Waals surface area contributed by atoms with Gasteiger partial charge in [0.25, 0.3) is 0 Å². The Hall–Kier alpha value is -3.36. The number of amides is 3. The van der Waals surface area contributed by atoms with Crippen molar-refractivity contribution < 1.29 is 23.9 Å². The number of halogens is 1. The minimum Gasteiger partial charge on any atom is -0.388 e. The molecule has 9 nitrogen and oxygen atoms in total. The Morgan fingerprint density at radius 3 is 2.54 bits per heavy atom. The Morgan fingerprint density at radius 1 is 1.31 bits per heavy atom. The maximum absolute atomic E-state index is 15.1. The van der Waals surface area contributed by atoms with Crippen molar-refractivity contribution in [2.45, 2.75) is 83.9 Å². The van der Waals surface area contributed by atoms with Gasteiger partial charge in [0.15, 0.2) is 6.17 Å². The molecular weight excluding hydrogens is 521 g/mol. The fourth-order valence-corrected chi connectivity index (χ4v) is 5.60. The number of likely N-dealkylation sites (tertiary alicyclic amines) is 1. The molecule has 11 heteroatoms. The summed E-state index contributed by atoms with van der Waals surface area (Å²) in [6.07, 6.45) is -2.70. The van der Waals surface area contributed by atoms with E-state index in [0.717, 1.165) is 32.2 Å². The van der Waals surface area contributed by atoms with E-state index in [1.807, 2.05) is 32.0 Å². The molecule has 39 heavy (non-hydrogen) atoms. The second-order valence-corrected chi connectivity index (χ2v) is 12.3. The van der Waals surface area contributed by atoms with Crippen molar-refractivity contribution in [3.05, 3.63) is 51.9 Å². The molecule has 1 saturated heterocycles. The first-order valence-electron chi connectivity index (χ1n) is 12.9. The minimum atomic E-state index is -1.99. The highest BCUT2D eigenvalue weighted by atomic mass is 32.1. The Labute approximate surface area is 231 Å². The summed E-state index contributed by atoms with van der Waals surface area (Å²) in [7, 11) is 0. The Morgan fingerprint density at radius 2 is 2.00 bits per heavy atom. The normalized spacial score (nSPS) is 22.6. The molecular formula is C28H34FN5O4S. The largest absolute Gasteiger partial charge is 0.388 e. The standard InChI is InChI=1S/C28H34FN5O4S/c1-15-11-17(22-16(2)32-14-39-22)7-8-18(15)12-31-24(36)21-20(29)19(35)13-34(21)25(37)23(27(3,4)5)33-26(38)28(30-6)9-10-28/h7-8,11,14,19-21,23,35H,9-10,12-13H2,1-5H3,(H,31,36)(H,33,38)/t19-,20-,21?,23+/m0/s1. The number of carbonyl (C=O) groups excluding carboxylic acids is 3. The van der Waals surface area contributed by atoms with Crippen LogP contribution in [0.3, 0.4) is 0 Å². The lowest BCUT2D eigenvalue weighted by molar-refractivity contribution is -0.145. The number of aromatic nitrogens is 1. The van der Waals surface area contributed by atoms with Gasteiger partial charge in [-0.05, 0) is 36.0 Å². The number of rotatable bonds is 7. The Kier molecular flexibility index (Phi) is 7.83. The van der Waals surface area contributed by atoms with Gasteiger partial charge in [0.2, 0.25) is 11.8 Å². The molecule has 0 bridgehead atoms. The maximum atomic E-state index is 15.1. The van der Waals surface area contributed by atoms with E-state index < -0.39 is 53.0 Å². The highest BCUT2D eigenvalue weighted by Gasteiger charge is 2.60. The number of carbonyl (C=O) groups is 3. The quantitative estimate of drug-likeness (QED) is 0.455. The number of benzene rings is 1. The zero-order valence-electron chi connectivity index (χ0n) is 22.7. The van der Waals surface area contributed by atoms with Gasteiger partial charge in [-0.25, -0.2) is 15.9 Å². The first-order valence-corrected chi connectivity index (χ1v) is 13.8. The van der Waals surface area contributed by atoms with E-state index in [-0.39, 0.29) is 13.1 Å². The van der Waals surface area contributed by atoms with Crippen LogP contribution in [0.1, 0.15) is 50.4 Å². The molecule has 4 atom stereocenters. The van der Waals surface area contributed by atoms with Crippen molar-refractivity contribution >= 4 is 29.1 Å². The highest BCUT2D eigenvalue weighted by molar-refractivity contribution is 7.13. The Balaban J connectivity index is 1.49. The molecule has 1 saturated carbocycles. The number of aryl methyl sites for hydroxylation is 2. The van der Waals surface area contributed by atoms with Crippen LogP contribution in [-0.2, 0) is 20.9 Å². The van der Waals surface area contributed by atoms with Gasteiger partial charge in [0.05, 0.1) is 22.6 Å². The van der Waals surface area contributed by atoms with E-state index in [0.29, 0.717) is 12.8 Å². The fraction of sp³-hybridized carbons (Fsp3) is 0.536. The number of nitrogens with zero attached hydrogens (tertiary/aromatic N) is 3. The first kappa shape index (κ1) is 28.6. The molecule has 3 amide bonds. The van der Waals surface area contributed by atoms with Crippen molar-refractivity contribution in [2.75, 3.05) is 6.54 Å². The summed E-state index contributed by atoms with van der Waals surface area (Å²) in [5.41, 5.74) is 3.54. The van der Waals surface area contributed by atoms with Gasteiger partial charge in [-0.3, -0.25) is 19.2 Å². The molecule has 3 N–H and O–H groups in total. The Bertz CT molecular complexity index is 1330. The van der Waals surface area contributed by atoms with E-state index in [1.165, 1.54) is 0 Å². The second-order valence-electron chi connectivity index (χ2n) is 11.5. The zero-order valence-corrected chi connectivity index (χ0v) is 23.6. The minimum absolute atomic E-state index is 0.112. The predicted octanol–water partition coefficient (Wildman–Crippen LogP) is 2.94. The third kappa shape index (κ3) is 5.68. The topological polar surface area (TPSA) is 116 Å². The van der Waals surface area contributed by atoms with Crippen LogP contribution in [-0.4, -0.2) is 69.2 Å². The van der Waals surface area contributed by atoms with Crippen molar-refractivity contribution in [2.24, 2.45) is 5.41 Å². The van der Waals surface area contributed by atoms with Gasteiger partial charge in [-0.2, -0.15) is 0 Å². The number of nitrogens with one attached hydrogen (secondary N) is 2. The molecule has 1 aliphatic heterocycles. The summed E-state index contributed by atoms with van der Waals surface area (Å²) in [4.78, 5) is 49.4. The molecule has 4 rings (SSSR count). The van der Waals surface area contributed by atoms with E-state index >= 15 is 4.39 Å². The van der Waals surface area contributed by atoms with Crippen molar-refractivity contribution in [1.29, 1.82) is 0 Å². The summed E-state index contributed by atoms with van der Waals surface area (Å²) in [6.45, 7) is 16.1. The lowest BCUT2D eigenvalue weighted by Crippen LogP contribution is -2.59. The number of aliphatic hydroxyl groups is 1. The van der Waals surface area contributed by atoms with E-state index in [9.17, 15) is 19.5 Å². The van der Waals surface area contributed by atoms with Gasteiger partial charge in [-0.15, -0.1) is 11.3 Å². The van der Waals surface area contributed by atoms with Crippen molar-refractivity contribution in [3.63, 3.8) is 0 Å². The highest BCUT2D eigenvalue weighted by Crippen LogP contribution is 2.40. The molecule has 1 unspecified atom stereocenters. The van der Waals surface area contributed by atoms with E-state index in [4.69, 9.17) is 6.57 Å². The van der Waals surface area contributed by atoms with Crippen LogP contribution < -0.4 is 10.6 Å². The molecule has 2 heterocycles. The van der Waals surface area contributed by atoms with Crippen LogP contribution in [0.5, 0.6) is 0 Å². The van der Waals surface area contributed by atoms with Crippen molar-refractivity contribution in [3.8, 4) is 10.4 Å². The van der Waals surface area contributed by atoms with Gasteiger partial charge < -0.3 is 20.6 Å². The second kappa shape index (κ2) is 10.7. The van der Waals surface area contributed by atoms with E-state index in [1.54, 1.807) is 37.6 Å². The van der Waals surface area contributed by atoms with Crippen LogP contribution in [0, 0.1) is 25.8 Å². The van der Waals surface area contributed by atoms with Crippen LogP contribution >= 0.6 is 11.3 Å². The average Bonchev–Trinajstić information content (AvgIpc) is 3.48. The van der Waals surface area contributed by atoms with Gasteiger partial charge in [-0.1, -0.05) is 39.0 Å². The summed E-state index contributed by atoms with van der Waals surface area (Å²) in [6, 6.07) is 3.17. The van der Waals surface area contributed by atoms with E-state index in [2.05, 4.69) is 20.5 Å². The molecule has 2 fully saturated rings. The molecule has 0 spiro atoms. The van der Waals surface area contributed by atoms with Crippen LogP contribution in [0.4, 0.5) is 4.39 Å². The molecule has 0 radical (unpaired) electrons. The number of thiazole rings is 1. The monoisotopic (exact) mass is 555 g/mol. The lowest BCUT2D eigenvalue weighted by atomic mass is 9.85. The molecule has 1 aliphatic carbocycles. The lowest BCUT2D eigenvalue weighted by Gasteiger charge is -2.35. The van der Waals surface area contributed by atoms with Gasteiger partial charge in [0.1, 0.15) is 18.2 Å². The van der Waals surface area contributed by atoms with Crippen LogP contribution in [0.25, 0.3) is 15.3 Å². The molecule has 1 aromatic carbocycles. The number of aliphatic hydroxyl groups excluding tert-OH is 1. The molecule has 1 aromatic heterocycles.